The molecule has 1 aromatic carbocycles. The molecule has 0 amide bonds. The minimum absolute atomic E-state index is 0.262. The Morgan fingerprint density at radius 2 is 1.81 bits per heavy atom. The van der Waals surface area contributed by atoms with Crippen LogP contribution in [0.2, 0.25) is 0 Å². The van der Waals surface area contributed by atoms with Crippen molar-refractivity contribution in [2.75, 3.05) is 18.5 Å². The van der Waals surface area contributed by atoms with Crippen LogP contribution in [0.5, 0.6) is 5.75 Å². The van der Waals surface area contributed by atoms with Gasteiger partial charge in [-0.05, 0) is 24.5 Å². The summed E-state index contributed by atoms with van der Waals surface area (Å²) in [6.07, 6.45) is 3.23. The number of alkyl halides is 3. The van der Waals surface area contributed by atoms with Gasteiger partial charge in [0.2, 0.25) is 0 Å². The summed E-state index contributed by atoms with van der Waals surface area (Å²) in [6.45, 7) is -0.481. The number of hydrogen-bond donors (Lipinski definition) is 1. The van der Waals surface area contributed by atoms with Gasteiger partial charge >= 0.3 is 6.18 Å². The number of anilines is 1. The fourth-order valence-electron chi connectivity index (χ4n) is 2.78. The zero-order chi connectivity index (χ0) is 15.1. The smallest absolute Gasteiger partial charge is 0.422 e. The molecule has 0 radical (unpaired) electrons. The highest BCUT2D eigenvalue weighted by Gasteiger charge is 2.28. The molecule has 0 aromatic heterocycles. The summed E-state index contributed by atoms with van der Waals surface area (Å²) in [4.78, 5) is 0. The normalized spacial score (nSPS) is 16.7. The molecule has 5 heteroatoms. The van der Waals surface area contributed by atoms with Gasteiger partial charge in [0.05, 0.1) is 5.69 Å². The zero-order valence-corrected chi connectivity index (χ0v) is 12.1. The topological polar surface area (TPSA) is 21.3 Å². The van der Waals surface area contributed by atoms with Gasteiger partial charge in [-0.2, -0.15) is 13.2 Å². The SMILES string of the molecule is FC(F)(F)COc1ccccc1NCCC1CCCCC1. The molecule has 1 N–H and O–H groups in total. The molecule has 0 aliphatic heterocycles. The van der Waals surface area contributed by atoms with Crippen molar-refractivity contribution in [3.05, 3.63) is 24.3 Å². The fraction of sp³-hybridized carbons (Fsp3) is 0.625. The number of nitrogens with one attached hydrogen (secondary N) is 1. The van der Waals surface area contributed by atoms with E-state index in [1.807, 2.05) is 0 Å². The van der Waals surface area contributed by atoms with E-state index in [4.69, 9.17) is 4.74 Å². The van der Waals surface area contributed by atoms with Crippen LogP contribution in [0.1, 0.15) is 38.5 Å². The van der Waals surface area contributed by atoms with Crippen LogP contribution < -0.4 is 10.1 Å². The number of halogens is 3. The van der Waals surface area contributed by atoms with Crippen molar-refractivity contribution >= 4 is 5.69 Å². The van der Waals surface area contributed by atoms with Crippen LogP contribution in [-0.2, 0) is 0 Å². The Kier molecular flexibility index (Phi) is 5.76. The van der Waals surface area contributed by atoms with E-state index in [1.165, 1.54) is 32.1 Å². The third-order valence-corrected chi connectivity index (χ3v) is 3.87. The van der Waals surface area contributed by atoms with Crippen molar-refractivity contribution < 1.29 is 17.9 Å². The average molecular weight is 301 g/mol. The van der Waals surface area contributed by atoms with E-state index in [2.05, 4.69) is 5.32 Å². The van der Waals surface area contributed by atoms with Gasteiger partial charge in [0.15, 0.2) is 6.61 Å². The lowest BCUT2D eigenvalue weighted by Gasteiger charge is -2.22. The Balaban J connectivity index is 1.81. The second-order valence-electron chi connectivity index (χ2n) is 5.62. The van der Waals surface area contributed by atoms with Gasteiger partial charge in [-0.15, -0.1) is 0 Å². The molecule has 0 saturated heterocycles. The van der Waals surface area contributed by atoms with E-state index in [-0.39, 0.29) is 5.75 Å². The van der Waals surface area contributed by atoms with Crippen molar-refractivity contribution in [1.82, 2.24) is 0 Å². The Labute approximate surface area is 123 Å². The lowest BCUT2D eigenvalue weighted by molar-refractivity contribution is -0.153. The summed E-state index contributed by atoms with van der Waals surface area (Å²) >= 11 is 0. The van der Waals surface area contributed by atoms with Gasteiger partial charge in [0.25, 0.3) is 0 Å². The molecule has 2 rings (SSSR count). The average Bonchev–Trinajstić information content (AvgIpc) is 2.46. The van der Waals surface area contributed by atoms with Gasteiger partial charge in [0.1, 0.15) is 5.75 Å². The quantitative estimate of drug-likeness (QED) is 0.797. The summed E-state index contributed by atoms with van der Waals surface area (Å²) in [5.74, 6) is 1.01. The highest BCUT2D eigenvalue weighted by atomic mass is 19.4. The molecule has 118 valence electrons. The second-order valence-corrected chi connectivity index (χ2v) is 5.62. The predicted octanol–water partition coefficient (Wildman–Crippen LogP) is 5.01. The minimum atomic E-state index is -4.31. The van der Waals surface area contributed by atoms with Crippen molar-refractivity contribution in [1.29, 1.82) is 0 Å². The number of ether oxygens (including phenoxy) is 1. The maximum absolute atomic E-state index is 12.2. The Morgan fingerprint density at radius 3 is 2.52 bits per heavy atom. The van der Waals surface area contributed by atoms with Crippen molar-refractivity contribution in [2.45, 2.75) is 44.7 Å². The van der Waals surface area contributed by atoms with Gasteiger partial charge in [-0.25, -0.2) is 0 Å². The van der Waals surface area contributed by atoms with Crippen LogP contribution in [-0.4, -0.2) is 19.3 Å². The summed E-state index contributed by atoms with van der Waals surface area (Å²) in [5.41, 5.74) is 0.637. The summed E-state index contributed by atoms with van der Waals surface area (Å²) in [7, 11) is 0. The second kappa shape index (κ2) is 7.57. The fourth-order valence-corrected chi connectivity index (χ4v) is 2.78. The molecule has 0 heterocycles. The number of para-hydroxylation sites is 2. The first-order chi connectivity index (χ1) is 10.0. The first-order valence-corrected chi connectivity index (χ1v) is 7.57. The van der Waals surface area contributed by atoms with Crippen LogP contribution in [0.15, 0.2) is 24.3 Å². The molecule has 21 heavy (non-hydrogen) atoms. The van der Waals surface area contributed by atoms with Crippen LogP contribution in [0.25, 0.3) is 0 Å². The Morgan fingerprint density at radius 1 is 1.10 bits per heavy atom. The molecule has 1 aliphatic rings. The molecule has 1 saturated carbocycles. The molecule has 0 unspecified atom stereocenters. The van der Waals surface area contributed by atoms with E-state index < -0.39 is 12.8 Å². The molecule has 0 atom stereocenters. The predicted molar refractivity (Wildman–Crippen MR) is 77.7 cm³/mol. The number of benzene rings is 1. The van der Waals surface area contributed by atoms with Crippen molar-refractivity contribution in [2.24, 2.45) is 5.92 Å². The summed E-state index contributed by atoms with van der Waals surface area (Å²) in [6, 6.07) is 6.79. The summed E-state index contributed by atoms with van der Waals surface area (Å²) < 4.78 is 41.5. The van der Waals surface area contributed by atoms with Crippen LogP contribution in [0.4, 0.5) is 18.9 Å². The molecule has 2 nitrogen and oxygen atoms in total. The molecule has 1 fully saturated rings. The largest absolute Gasteiger partial charge is 0.482 e. The van der Waals surface area contributed by atoms with Crippen LogP contribution in [0, 0.1) is 5.92 Å². The molecule has 0 bridgehead atoms. The van der Waals surface area contributed by atoms with E-state index in [9.17, 15) is 13.2 Å². The van der Waals surface area contributed by atoms with Gasteiger partial charge in [0, 0.05) is 6.54 Å². The van der Waals surface area contributed by atoms with E-state index in [0.717, 1.165) is 18.9 Å². The van der Waals surface area contributed by atoms with Gasteiger partial charge in [-0.3, -0.25) is 0 Å². The monoisotopic (exact) mass is 301 g/mol. The highest BCUT2D eigenvalue weighted by Crippen LogP contribution is 2.28. The molecule has 0 spiro atoms. The minimum Gasteiger partial charge on any atom is -0.482 e. The molecular formula is C16H22F3NO. The highest BCUT2D eigenvalue weighted by molar-refractivity contribution is 5.56. The van der Waals surface area contributed by atoms with Gasteiger partial charge < -0.3 is 10.1 Å². The zero-order valence-electron chi connectivity index (χ0n) is 12.1. The van der Waals surface area contributed by atoms with E-state index in [1.54, 1.807) is 24.3 Å². The van der Waals surface area contributed by atoms with E-state index >= 15 is 0 Å². The maximum atomic E-state index is 12.2. The third kappa shape index (κ3) is 5.86. The van der Waals surface area contributed by atoms with Gasteiger partial charge in [-0.1, -0.05) is 44.2 Å². The number of rotatable bonds is 6. The Bertz CT molecular complexity index is 428. The first kappa shape index (κ1) is 16.0. The van der Waals surface area contributed by atoms with E-state index in [0.29, 0.717) is 5.69 Å². The summed E-state index contributed by atoms with van der Waals surface area (Å²) in [5, 5.41) is 3.20. The Hall–Kier alpha value is -1.39. The van der Waals surface area contributed by atoms with Crippen LogP contribution >= 0.6 is 0 Å². The van der Waals surface area contributed by atoms with Crippen molar-refractivity contribution in [3.8, 4) is 5.75 Å². The molecule has 1 aliphatic carbocycles. The number of hydrogen-bond acceptors (Lipinski definition) is 2. The lowest BCUT2D eigenvalue weighted by Crippen LogP contribution is -2.20. The maximum Gasteiger partial charge on any atom is 0.422 e. The molecular weight excluding hydrogens is 279 g/mol. The lowest BCUT2D eigenvalue weighted by atomic mass is 9.87. The molecule has 1 aromatic rings. The standard InChI is InChI=1S/C16H22F3NO/c17-16(18,19)12-21-15-9-5-4-8-14(15)20-11-10-13-6-2-1-3-7-13/h4-5,8-9,13,20H,1-3,6-7,10-12H2. The van der Waals surface area contributed by atoms with Crippen LogP contribution in [0.3, 0.4) is 0 Å². The first-order valence-electron chi connectivity index (χ1n) is 7.57. The van der Waals surface area contributed by atoms with Crippen molar-refractivity contribution in [3.63, 3.8) is 0 Å². The third-order valence-electron chi connectivity index (χ3n) is 3.87.